The number of hydrazone groups is 1. The zero-order valence-electron chi connectivity index (χ0n) is 20.4. The van der Waals surface area contributed by atoms with Crippen LogP contribution in [0.4, 0.5) is 5.69 Å². The number of carbonyl (C=O) groups is 2. The molecule has 0 radical (unpaired) electrons. The summed E-state index contributed by atoms with van der Waals surface area (Å²) in [7, 11) is 1.57. The molecule has 1 atom stereocenters. The average molecular weight is 474 g/mol. The van der Waals surface area contributed by atoms with Gasteiger partial charge in [-0.2, -0.15) is 5.10 Å². The third-order valence-corrected chi connectivity index (χ3v) is 5.38. The number of ether oxygens (including phenoxy) is 2. The van der Waals surface area contributed by atoms with Gasteiger partial charge in [0.15, 0.2) is 0 Å². The predicted octanol–water partition coefficient (Wildman–Crippen LogP) is 4.94. The third-order valence-electron chi connectivity index (χ3n) is 5.38. The van der Waals surface area contributed by atoms with Crippen molar-refractivity contribution in [3.63, 3.8) is 0 Å². The van der Waals surface area contributed by atoms with Crippen LogP contribution >= 0.6 is 0 Å². The summed E-state index contributed by atoms with van der Waals surface area (Å²) < 4.78 is 10.9. The smallest absolute Gasteiger partial charge is 0.252 e. The molecule has 3 aromatic carbocycles. The van der Waals surface area contributed by atoms with Crippen molar-refractivity contribution < 1.29 is 19.1 Å². The van der Waals surface area contributed by atoms with Crippen LogP contribution in [0.5, 0.6) is 11.5 Å². The topological polar surface area (TPSA) is 89.0 Å². The van der Waals surface area contributed by atoms with Crippen LogP contribution in [0.1, 0.15) is 30.5 Å². The fraction of sp³-hybridized carbons (Fsp3) is 0.250. The second-order valence-corrected chi connectivity index (χ2v) is 8.52. The summed E-state index contributed by atoms with van der Waals surface area (Å²) in [4.78, 5) is 25.4. The average Bonchev–Trinajstić information content (AvgIpc) is 2.85. The van der Waals surface area contributed by atoms with Gasteiger partial charge in [0.25, 0.3) is 5.91 Å². The number of rotatable bonds is 10. The number of benzene rings is 3. The number of hydrogen-bond acceptors (Lipinski definition) is 5. The molecule has 7 heteroatoms. The van der Waals surface area contributed by atoms with E-state index in [4.69, 9.17) is 9.47 Å². The van der Waals surface area contributed by atoms with Crippen molar-refractivity contribution >= 4 is 23.7 Å². The van der Waals surface area contributed by atoms with Gasteiger partial charge in [0.2, 0.25) is 5.91 Å². The lowest BCUT2D eigenvalue weighted by Crippen LogP contribution is -2.39. The molecule has 2 amide bonds. The Balaban J connectivity index is 1.52. The lowest BCUT2D eigenvalue weighted by molar-refractivity contribution is -0.134. The molecule has 2 N–H and O–H groups in total. The van der Waals surface area contributed by atoms with Gasteiger partial charge in [-0.05, 0) is 72.5 Å². The van der Waals surface area contributed by atoms with E-state index < -0.39 is 17.7 Å². The Kier molecular flexibility index (Phi) is 9.01. The highest BCUT2D eigenvalue weighted by molar-refractivity contribution is 6.06. The number of nitrogens with one attached hydrogen (secondary N) is 2. The summed E-state index contributed by atoms with van der Waals surface area (Å²) in [5.74, 6) is -0.559. The van der Waals surface area contributed by atoms with Gasteiger partial charge in [-0.1, -0.05) is 43.7 Å². The number of methoxy groups -OCH3 is 1. The first-order valence-electron chi connectivity index (χ1n) is 11.4. The van der Waals surface area contributed by atoms with Crippen molar-refractivity contribution in [3.05, 3.63) is 89.5 Å². The Hall–Kier alpha value is -4.13. The fourth-order valence-electron chi connectivity index (χ4n) is 3.36. The second kappa shape index (κ2) is 12.4. The van der Waals surface area contributed by atoms with E-state index in [9.17, 15) is 9.59 Å². The first kappa shape index (κ1) is 25.5. The molecule has 0 bridgehead atoms. The monoisotopic (exact) mass is 473 g/mol. The Morgan fingerprint density at radius 1 is 0.886 bits per heavy atom. The Bertz CT molecular complexity index is 1140. The maximum atomic E-state index is 12.7. The van der Waals surface area contributed by atoms with E-state index in [0.29, 0.717) is 18.0 Å². The van der Waals surface area contributed by atoms with E-state index in [1.807, 2.05) is 57.2 Å². The maximum absolute atomic E-state index is 12.7. The molecule has 182 valence electrons. The lowest BCUT2D eigenvalue weighted by atomic mass is 9.94. The summed E-state index contributed by atoms with van der Waals surface area (Å²) >= 11 is 0. The van der Waals surface area contributed by atoms with Gasteiger partial charge < -0.3 is 14.8 Å². The molecule has 0 heterocycles. The number of aryl methyl sites for hydroxylation is 1. The van der Waals surface area contributed by atoms with Crippen molar-refractivity contribution in [2.24, 2.45) is 16.9 Å². The normalized spacial score (nSPS) is 11.8. The highest BCUT2D eigenvalue weighted by Crippen LogP contribution is 2.19. The van der Waals surface area contributed by atoms with Gasteiger partial charge in [0.1, 0.15) is 24.0 Å². The summed E-state index contributed by atoms with van der Waals surface area (Å²) in [6.07, 6.45) is 1.53. The van der Waals surface area contributed by atoms with Gasteiger partial charge in [-0.15, -0.1) is 0 Å². The number of nitrogens with zero attached hydrogens (tertiary/aromatic N) is 1. The molecule has 35 heavy (non-hydrogen) atoms. The number of hydrogen-bond donors (Lipinski definition) is 2. The van der Waals surface area contributed by atoms with Gasteiger partial charge in [0.05, 0.1) is 13.3 Å². The molecule has 0 aliphatic rings. The van der Waals surface area contributed by atoms with Crippen molar-refractivity contribution in [2.75, 3.05) is 12.4 Å². The van der Waals surface area contributed by atoms with Crippen LogP contribution in [0.2, 0.25) is 0 Å². The molecule has 0 saturated heterocycles. The molecule has 0 fully saturated rings. The summed E-state index contributed by atoms with van der Waals surface area (Å²) in [6.45, 7) is 6.17. The zero-order chi connectivity index (χ0) is 25.2. The first-order chi connectivity index (χ1) is 16.9. The van der Waals surface area contributed by atoms with Crippen molar-refractivity contribution in [1.29, 1.82) is 0 Å². The standard InChI is InChI=1S/C28H31N3O4/c1-19(2)26(27(32)30-23-11-15-24(34-4)16-12-23)28(33)31-29-17-21-9-13-25(14-10-21)35-18-22-7-5-20(3)6-8-22/h5-17,19,26H,18H2,1-4H3,(H,30,32)(H,31,33). The van der Waals surface area contributed by atoms with Crippen LogP contribution in [-0.2, 0) is 16.2 Å². The van der Waals surface area contributed by atoms with E-state index in [1.165, 1.54) is 11.8 Å². The molecule has 0 aliphatic carbocycles. The minimum absolute atomic E-state index is 0.214. The van der Waals surface area contributed by atoms with Crippen LogP contribution in [0.15, 0.2) is 77.9 Å². The molecule has 0 saturated carbocycles. The van der Waals surface area contributed by atoms with Crippen molar-refractivity contribution in [2.45, 2.75) is 27.4 Å². The van der Waals surface area contributed by atoms with Crippen LogP contribution in [0, 0.1) is 18.8 Å². The Labute approximate surface area is 206 Å². The van der Waals surface area contributed by atoms with Crippen molar-refractivity contribution in [3.8, 4) is 11.5 Å². The first-order valence-corrected chi connectivity index (χ1v) is 11.4. The highest BCUT2D eigenvalue weighted by atomic mass is 16.5. The SMILES string of the molecule is COc1ccc(NC(=O)C(C(=O)NN=Cc2ccc(OCc3ccc(C)cc3)cc2)C(C)C)cc1. The fourth-order valence-corrected chi connectivity index (χ4v) is 3.36. The van der Waals surface area contributed by atoms with E-state index in [2.05, 4.69) is 28.0 Å². The molecule has 3 aromatic rings. The van der Waals surface area contributed by atoms with Crippen LogP contribution in [-0.4, -0.2) is 25.1 Å². The van der Waals surface area contributed by atoms with Crippen molar-refractivity contribution in [1.82, 2.24) is 5.43 Å². The molecular formula is C28H31N3O4. The van der Waals surface area contributed by atoms with E-state index in [0.717, 1.165) is 16.9 Å². The highest BCUT2D eigenvalue weighted by Gasteiger charge is 2.29. The van der Waals surface area contributed by atoms with Gasteiger partial charge in [-0.25, -0.2) is 5.43 Å². The molecule has 1 unspecified atom stereocenters. The van der Waals surface area contributed by atoms with Gasteiger partial charge in [-0.3, -0.25) is 9.59 Å². The Morgan fingerprint density at radius 2 is 1.51 bits per heavy atom. The predicted molar refractivity (Wildman–Crippen MR) is 138 cm³/mol. The molecule has 0 spiro atoms. The number of amides is 2. The maximum Gasteiger partial charge on any atom is 0.252 e. The van der Waals surface area contributed by atoms with Gasteiger partial charge >= 0.3 is 0 Å². The zero-order valence-corrected chi connectivity index (χ0v) is 20.4. The van der Waals surface area contributed by atoms with Crippen LogP contribution in [0.3, 0.4) is 0 Å². The summed E-state index contributed by atoms with van der Waals surface area (Å²) in [5, 5.41) is 6.80. The minimum Gasteiger partial charge on any atom is -0.497 e. The third kappa shape index (κ3) is 7.71. The van der Waals surface area contributed by atoms with E-state index in [-0.39, 0.29) is 5.92 Å². The molecular weight excluding hydrogens is 442 g/mol. The molecule has 7 nitrogen and oxygen atoms in total. The summed E-state index contributed by atoms with van der Waals surface area (Å²) in [6, 6.07) is 22.5. The summed E-state index contributed by atoms with van der Waals surface area (Å²) in [5.41, 5.74) is 6.16. The number of carbonyl (C=O) groups excluding carboxylic acids is 2. The Morgan fingerprint density at radius 3 is 2.11 bits per heavy atom. The van der Waals surface area contributed by atoms with Gasteiger partial charge in [0, 0.05) is 5.69 Å². The van der Waals surface area contributed by atoms with Crippen LogP contribution < -0.4 is 20.2 Å². The van der Waals surface area contributed by atoms with Crippen LogP contribution in [0.25, 0.3) is 0 Å². The minimum atomic E-state index is -0.896. The molecule has 3 rings (SSSR count). The molecule has 0 aliphatic heterocycles. The molecule has 0 aromatic heterocycles. The quantitative estimate of drug-likeness (QED) is 0.248. The van der Waals surface area contributed by atoms with E-state index in [1.54, 1.807) is 31.4 Å². The van der Waals surface area contributed by atoms with E-state index >= 15 is 0 Å². The largest absolute Gasteiger partial charge is 0.497 e. The lowest BCUT2D eigenvalue weighted by Gasteiger charge is -2.18. The number of anilines is 1. The second-order valence-electron chi connectivity index (χ2n) is 8.52.